The Morgan fingerprint density at radius 3 is 2.60 bits per heavy atom. The van der Waals surface area contributed by atoms with Crippen molar-refractivity contribution in [3.63, 3.8) is 0 Å². The highest BCUT2D eigenvalue weighted by molar-refractivity contribution is 5.44. The van der Waals surface area contributed by atoms with Crippen molar-refractivity contribution < 1.29 is 13.5 Å². The van der Waals surface area contributed by atoms with Gasteiger partial charge < -0.3 is 15.0 Å². The zero-order chi connectivity index (χ0) is 20.9. The lowest BCUT2D eigenvalue weighted by Crippen LogP contribution is -2.37. The lowest BCUT2D eigenvalue weighted by Gasteiger charge is -2.33. The number of nitrogens with zero attached hydrogens (tertiary/aromatic N) is 2. The molecule has 1 unspecified atom stereocenters. The van der Waals surface area contributed by atoms with Gasteiger partial charge in [0.2, 0.25) is 0 Å². The Morgan fingerprint density at radius 1 is 1.07 bits per heavy atom. The summed E-state index contributed by atoms with van der Waals surface area (Å²) in [5.41, 5.74) is 2.38. The maximum absolute atomic E-state index is 13.6. The normalized spacial score (nSPS) is 15.6. The van der Waals surface area contributed by atoms with Gasteiger partial charge in [-0.15, -0.1) is 0 Å². The number of hydrogen-bond acceptors (Lipinski definition) is 4. The Bertz CT molecular complexity index is 1060. The van der Waals surface area contributed by atoms with Crippen LogP contribution in [0, 0.1) is 18.6 Å². The molecule has 0 bridgehead atoms. The summed E-state index contributed by atoms with van der Waals surface area (Å²) in [5, 5.41) is 3.38. The number of anilines is 1. The second kappa shape index (κ2) is 8.78. The van der Waals surface area contributed by atoms with Gasteiger partial charge in [0.15, 0.2) is 0 Å². The first kappa shape index (κ1) is 19.6. The number of benzene rings is 2. The molecule has 6 heteroatoms. The van der Waals surface area contributed by atoms with E-state index >= 15 is 0 Å². The second-order valence-corrected chi connectivity index (χ2v) is 7.03. The van der Waals surface area contributed by atoms with E-state index in [0.29, 0.717) is 17.9 Å². The van der Waals surface area contributed by atoms with E-state index in [1.54, 1.807) is 12.4 Å². The first-order valence-electron chi connectivity index (χ1n) is 9.57. The summed E-state index contributed by atoms with van der Waals surface area (Å²) in [6.07, 6.45) is 8.73. The van der Waals surface area contributed by atoms with Crippen LogP contribution in [0.15, 0.2) is 91.1 Å². The number of pyridine rings is 1. The van der Waals surface area contributed by atoms with Crippen LogP contribution >= 0.6 is 0 Å². The van der Waals surface area contributed by atoms with E-state index in [4.69, 9.17) is 4.74 Å². The molecule has 0 spiro atoms. The average molecular weight is 405 g/mol. The lowest BCUT2D eigenvalue weighted by atomic mass is 10.1. The van der Waals surface area contributed by atoms with Crippen molar-refractivity contribution in [1.29, 1.82) is 0 Å². The Morgan fingerprint density at radius 2 is 1.87 bits per heavy atom. The van der Waals surface area contributed by atoms with E-state index in [1.165, 1.54) is 12.1 Å². The summed E-state index contributed by atoms with van der Waals surface area (Å²) in [5.74, 6) is 0.255. The van der Waals surface area contributed by atoms with E-state index in [-0.39, 0.29) is 6.17 Å². The third-order valence-electron chi connectivity index (χ3n) is 4.69. The van der Waals surface area contributed by atoms with Gasteiger partial charge in [-0.2, -0.15) is 0 Å². The third-order valence-corrected chi connectivity index (χ3v) is 4.69. The van der Waals surface area contributed by atoms with Gasteiger partial charge >= 0.3 is 0 Å². The minimum absolute atomic E-state index is 0.301. The van der Waals surface area contributed by atoms with E-state index in [0.717, 1.165) is 23.1 Å². The predicted molar refractivity (Wildman–Crippen MR) is 113 cm³/mol. The zero-order valence-corrected chi connectivity index (χ0v) is 16.4. The molecule has 0 saturated carbocycles. The molecule has 2 aromatic carbocycles. The average Bonchev–Trinajstić information content (AvgIpc) is 2.72. The van der Waals surface area contributed by atoms with Crippen molar-refractivity contribution in [2.45, 2.75) is 19.6 Å². The topological polar surface area (TPSA) is 37.4 Å². The number of nitrogens with one attached hydrogen (secondary N) is 1. The van der Waals surface area contributed by atoms with Crippen LogP contribution in [-0.4, -0.2) is 16.0 Å². The maximum Gasteiger partial charge on any atom is 0.130 e. The number of allylic oxidation sites excluding steroid dienone is 1. The third kappa shape index (κ3) is 4.84. The van der Waals surface area contributed by atoms with E-state index in [1.807, 2.05) is 66.6 Å². The first-order chi connectivity index (χ1) is 14.6. The van der Waals surface area contributed by atoms with Crippen LogP contribution in [0.1, 0.15) is 11.1 Å². The van der Waals surface area contributed by atoms with Crippen molar-refractivity contribution in [2.24, 2.45) is 0 Å². The summed E-state index contributed by atoms with van der Waals surface area (Å²) >= 11 is 0. The highest BCUT2D eigenvalue weighted by Crippen LogP contribution is 2.24. The molecule has 0 radical (unpaired) electrons. The van der Waals surface area contributed by atoms with Crippen LogP contribution in [-0.2, 0) is 6.54 Å². The fourth-order valence-corrected chi connectivity index (χ4v) is 3.24. The Labute approximate surface area is 174 Å². The fraction of sp³-hybridized carbons (Fsp3) is 0.125. The number of aryl methyl sites for hydroxylation is 1. The zero-order valence-electron chi connectivity index (χ0n) is 16.4. The standard InChI is InChI=1S/C24H21F2N3O/c1-17-5-2-3-7-23(17)30-22-8-10-29(16-18-11-19(25)13-20(26)12-18)24(14-22)28-21-6-4-9-27-15-21/h2-15,24,28H,16H2,1H3. The van der Waals surface area contributed by atoms with Crippen molar-refractivity contribution in [2.75, 3.05) is 5.32 Å². The molecule has 0 aliphatic carbocycles. The van der Waals surface area contributed by atoms with Gasteiger partial charge in [0.05, 0.1) is 5.69 Å². The summed E-state index contributed by atoms with van der Waals surface area (Å²) in [4.78, 5) is 6.07. The summed E-state index contributed by atoms with van der Waals surface area (Å²) in [6.45, 7) is 2.30. The highest BCUT2D eigenvalue weighted by atomic mass is 19.1. The van der Waals surface area contributed by atoms with Crippen LogP contribution in [0.3, 0.4) is 0 Å². The molecule has 1 aliphatic rings. The molecule has 0 fully saturated rings. The molecule has 1 aromatic heterocycles. The maximum atomic E-state index is 13.6. The largest absolute Gasteiger partial charge is 0.457 e. The highest BCUT2D eigenvalue weighted by Gasteiger charge is 2.20. The molecular formula is C24H21F2N3O. The number of rotatable bonds is 6. The second-order valence-electron chi connectivity index (χ2n) is 7.03. The molecule has 1 N–H and O–H groups in total. The molecule has 30 heavy (non-hydrogen) atoms. The van der Waals surface area contributed by atoms with Crippen molar-refractivity contribution in [1.82, 2.24) is 9.88 Å². The van der Waals surface area contributed by atoms with Crippen LogP contribution < -0.4 is 10.1 Å². The quantitative estimate of drug-likeness (QED) is 0.596. The van der Waals surface area contributed by atoms with Gasteiger partial charge in [-0.25, -0.2) is 8.78 Å². The fourth-order valence-electron chi connectivity index (χ4n) is 3.24. The van der Waals surface area contributed by atoms with Crippen LogP contribution in [0.5, 0.6) is 5.75 Å². The van der Waals surface area contributed by atoms with Crippen LogP contribution in [0.4, 0.5) is 14.5 Å². The molecule has 4 nitrogen and oxygen atoms in total. The molecule has 1 atom stereocenters. The van der Waals surface area contributed by atoms with Gasteiger partial charge in [-0.1, -0.05) is 18.2 Å². The van der Waals surface area contributed by atoms with Crippen LogP contribution in [0.2, 0.25) is 0 Å². The first-order valence-corrected chi connectivity index (χ1v) is 9.57. The molecule has 3 aromatic rings. The number of para-hydroxylation sites is 1. The van der Waals surface area contributed by atoms with E-state index < -0.39 is 11.6 Å². The van der Waals surface area contributed by atoms with Crippen molar-refractivity contribution in [3.05, 3.63) is 114 Å². The monoisotopic (exact) mass is 405 g/mol. The molecule has 1 aliphatic heterocycles. The number of aromatic nitrogens is 1. The Kier molecular flexibility index (Phi) is 5.75. The summed E-state index contributed by atoms with van der Waals surface area (Å²) < 4.78 is 33.3. The minimum Gasteiger partial charge on any atom is -0.457 e. The molecule has 2 heterocycles. The predicted octanol–water partition coefficient (Wildman–Crippen LogP) is 5.40. The van der Waals surface area contributed by atoms with Gasteiger partial charge in [0, 0.05) is 37.3 Å². The molecule has 0 amide bonds. The smallest absolute Gasteiger partial charge is 0.130 e. The Hall–Kier alpha value is -3.67. The molecule has 0 saturated heterocycles. The molecule has 152 valence electrons. The summed E-state index contributed by atoms with van der Waals surface area (Å²) in [6, 6.07) is 15.1. The van der Waals surface area contributed by atoms with Gasteiger partial charge in [-0.3, -0.25) is 4.98 Å². The molecular weight excluding hydrogens is 384 g/mol. The van der Waals surface area contributed by atoms with E-state index in [2.05, 4.69) is 10.3 Å². The van der Waals surface area contributed by atoms with Crippen LogP contribution in [0.25, 0.3) is 0 Å². The summed E-state index contributed by atoms with van der Waals surface area (Å²) in [7, 11) is 0. The van der Waals surface area contributed by atoms with Gasteiger partial charge in [0.25, 0.3) is 0 Å². The van der Waals surface area contributed by atoms with E-state index in [9.17, 15) is 8.78 Å². The van der Waals surface area contributed by atoms with Crippen molar-refractivity contribution in [3.8, 4) is 5.75 Å². The SMILES string of the molecule is Cc1ccccc1OC1=CC(Nc2cccnc2)N(Cc2cc(F)cc(F)c2)C=C1. The minimum atomic E-state index is -0.595. The lowest BCUT2D eigenvalue weighted by molar-refractivity contribution is 0.313. The number of halogens is 2. The van der Waals surface area contributed by atoms with Gasteiger partial charge in [0.1, 0.15) is 29.3 Å². The number of ether oxygens (including phenoxy) is 1. The molecule has 4 rings (SSSR count). The Balaban J connectivity index is 1.59. The van der Waals surface area contributed by atoms with Crippen molar-refractivity contribution >= 4 is 5.69 Å². The van der Waals surface area contributed by atoms with Gasteiger partial charge in [-0.05, 0) is 54.5 Å². The number of hydrogen-bond donors (Lipinski definition) is 1.